The number of nitrogens with one attached hydrogen (secondary N) is 1. The van der Waals surface area contributed by atoms with E-state index in [1.54, 1.807) is 6.07 Å². The van der Waals surface area contributed by atoms with Crippen molar-refractivity contribution in [2.24, 2.45) is 0 Å². The van der Waals surface area contributed by atoms with Gasteiger partial charge in [0.1, 0.15) is 11.6 Å². The lowest BCUT2D eigenvalue weighted by atomic mass is 10.0. The van der Waals surface area contributed by atoms with Gasteiger partial charge in [0.05, 0.1) is 0 Å². The van der Waals surface area contributed by atoms with Crippen molar-refractivity contribution < 1.29 is 0 Å². The Morgan fingerprint density at radius 1 is 1.05 bits per heavy atom. The van der Waals surface area contributed by atoms with Crippen molar-refractivity contribution in [3.05, 3.63) is 35.4 Å². The van der Waals surface area contributed by atoms with Gasteiger partial charge in [-0.1, -0.05) is 32.0 Å². The molecule has 1 heterocycles. The molecule has 0 amide bonds. The van der Waals surface area contributed by atoms with Crippen LogP contribution in [0.5, 0.6) is 0 Å². The number of aryl methyl sites for hydroxylation is 2. The maximum Gasteiger partial charge on any atom is 0.223 e. The highest BCUT2D eigenvalue weighted by atomic mass is 15.1. The number of aromatic nitrogens is 2. The highest BCUT2D eigenvalue weighted by Crippen LogP contribution is 2.26. The first-order chi connectivity index (χ1) is 9.13. The molecule has 0 aliphatic heterocycles. The zero-order valence-corrected chi connectivity index (χ0v) is 11.3. The Hall–Kier alpha value is -2.30. The van der Waals surface area contributed by atoms with Gasteiger partial charge in [-0.25, -0.2) is 0 Å². The number of nitrogen functional groups attached to an aromatic ring is 2. The summed E-state index contributed by atoms with van der Waals surface area (Å²) in [6, 6.07) is 7.97. The lowest BCUT2D eigenvalue weighted by molar-refractivity contribution is 1.08. The standard InChI is InChI=1S/C14H19N5/c1-3-9-6-5-7-10(4-2)13(9)18-12-8-11(15)17-14(16)19-12/h5-8H,3-4H2,1-2H3,(H5,15,16,17,18,19). The molecule has 5 heteroatoms. The van der Waals surface area contributed by atoms with Crippen molar-refractivity contribution in [1.82, 2.24) is 9.97 Å². The molecule has 100 valence electrons. The molecule has 0 aliphatic rings. The fourth-order valence-electron chi connectivity index (χ4n) is 2.08. The van der Waals surface area contributed by atoms with Crippen molar-refractivity contribution in [3.8, 4) is 0 Å². The second kappa shape index (κ2) is 5.56. The molecule has 0 saturated heterocycles. The van der Waals surface area contributed by atoms with E-state index in [-0.39, 0.29) is 5.95 Å². The molecule has 19 heavy (non-hydrogen) atoms. The van der Waals surface area contributed by atoms with Crippen LogP contribution in [0.4, 0.5) is 23.3 Å². The minimum absolute atomic E-state index is 0.175. The summed E-state index contributed by atoms with van der Waals surface area (Å²) in [5, 5.41) is 3.31. The highest BCUT2D eigenvalue weighted by Gasteiger charge is 2.08. The second-order valence-electron chi connectivity index (χ2n) is 4.32. The lowest BCUT2D eigenvalue weighted by Gasteiger charge is -2.15. The third-order valence-electron chi connectivity index (χ3n) is 3.02. The van der Waals surface area contributed by atoms with Crippen LogP contribution in [0.1, 0.15) is 25.0 Å². The van der Waals surface area contributed by atoms with Crippen molar-refractivity contribution in [1.29, 1.82) is 0 Å². The van der Waals surface area contributed by atoms with Crippen LogP contribution >= 0.6 is 0 Å². The van der Waals surface area contributed by atoms with Crippen LogP contribution in [0.3, 0.4) is 0 Å². The molecule has 2 rings (SSSR count). The molecule has 0 saturated carbocycles. The Morgan fingerprint density at radius 2 is 1.68 bits per heavy atom. The number of hydrogen-bond donors (Lipinski definition) is 3. The maximum absolute atomic E-state index is 5.68. The van der Waals surface area contributed by atoms with E-state index in [2.05, 4.69) is 47.3 Å². The summed E-state index contributed by atoms with van der Waals surface area (Å²) in [6.07, 6.45) is 1.90. The summed E-state index contributed by atoms with van der Waals surface area (Å²) >= 11 is 0. The SMILES string of the molecule is CCc1cccc(CC)c1Nc1cc(N)nc(N)n1. The predicted octanol–water partition coefficient (Wildman–Crippen LogP) is 2.51. The minimum Gasteiger partial charge on any atom is -0.383 e. The molecule has 0 fully saturated rings. The normalized spacial score (nSPS) is 10.4. The van der Waals surface area contributed by atoms with Gasteiger partial charge < -0.3 is 16.8 Å². The van der Waals surface area contributed by atoms with Gasteiger partial charge in [0, 0.05) is 11.8 Å². The van der Waals surface area contributed by atoms with Gasteiger partial charge in [-0.3, -0.25) is 0 Å². The van der Waals surface area contributed by atoms with E-state index in [1.165, 1.54) is 11.1 Å². The first kappa shape index (κ1) is 13.1. The van der Waals surface area contributed by atoms with Gasteiger partial charge in [0.25, 0.3) is 0 Å². The molecule has 5 nitrogen and oxygen atoms in total. The number of anilines is 4. The van der Waals surface area contributed by atoms with E-state index in [0.29, 0.717) is 11.6 Å². The zero-order chi connectivity index (χ0) is 13.8. The maximum atomic E-state index is 5.68. The van der Waals surface area contributed by atoms with Crippen molar-refractivity contribution in [2.75, 3.05) is 16.8 Å². The summed E-state index contributed by atoms with van der Waals surface area (Å²) < 4.78 is 0. The predicted molar refractivity (Wildman–Crippen MR) is 79.3 cm³/mol. The summed E-state index contributed by atoms with van der Waals surface area (Å²) in [7, 11) is 0. The van der Waals surface area contributed by atoms with Gasteiger partial charge in [0.15, 0.2) is 0 Å². The largest absolute Gasteiger partial charge is 0.383 e. The Bertz CT molecular complexity index is 538. The van der Waals surface area contributed by atoms with Crippen molar-refractivity contribution in [2.45, 2.75) is 26.7 Å². The minimum atomic E-state index is 0.175. The Balaban J connectivity index is 2.41. The van der Waals surface area contributed by atoms with Gasteiger partial charge in [0.2, 0.25) is 5.95 Å². The molecule has 1 aromatic heterocycles. The van der Waals surface area contributed by atoms with Crippen LogP contribution in [0.15, 0.2) is 24.3 Å². The molecular formula is C14H19N5. The number of nitrogens with two attached hydrogens (primary N) is 2. The highest BCUT2D eigenvalue weighted by molar-refractivity contribution is 5.67. The van der Waals surface area contributed by atoms with E-state index in [9.17, 15) is 0 Å². The molecule has 0 spiro atoms. The van der Waals surface area contributed by atoms with E-state index in [4.69, 9.17) is 11.5 Å². The van der Waals surface area contributed by atoms with Gasteiger partial charge in [-0.2, -0.15) is 9.97 Å². The third kappa shape index (κ3) is 2.93. The Kier molecular flexibility index (Phi) is 3.85. The lowest BCUT2D eigenvalue weighted by Crippen LogP contribution is -2.05. The number of hydrogen-bond acceptors (Lipinski definition) is 5. The summed E-state index contributed by atoms with van der Waals surface area (Å²) in [4.78, 5) is 8.02. The number of para-hydroxylation sites is 1. The van der Waals surface area contributed by atoms with E-state index in [1.807, 2.05) is 0 Å². The molecule has 1 aromatic carbocycles. The zero-order valence-electron chi connectivity index (χ0n) is 11.3. The molecular weight excluding hydrogens is 238 g/mol. The first-order valence-corrected chi connectivity index (χ1v) is 6.41. The van der Waals surface area contributed by atoms with Crippen LogP contribution < -0.4 is 16.8 Å². The van der Waals surface area contributed by atoms with Crippen molar-refractivity contribution in [3.63, 3.8) is 0 Å². The van der Waals surface area contributed by atoms with E-state index < -0.39 is 0 Å². The quantitative estimate of drug-likeness (QED) is 0.783. The van der Waals surface area contributed by atoms with Crippen LogP contribution in [0, 0.1) is 0 Å². The molecule has 0 radical (unpaired) electrons. The molecule has 5 N–H and O–H groups in total. The van der Waals surface area contributed by atoms with Crippen LogP contribution in [0.25, 0.3) is 0 Å². The first-order valence-electron chi connectivity index (χ1n) is 6.41. The number of rotatable bonds is 4. The molecule has 0 unspecified atom stereocenters. The smallest absolute Gasteiger partial charge is 0.223 e. The fourth-order valence-corrected chi connectivity index (χ4v) is 2.08. The number of benzene rings is 1. The topological polar surface area (TPSA) is 89.8 Å². The van der Waals surface area contributed by atoms with E-state index >= 15 is 0 Å². The Morgan fingerprint density at radius 3 is 2.21 bits per heavy atom. The number of nitrogens with zero attached hydrogens (tertiary/aromatic N) is 2. The summed E-state index contributed by atoms with van der Waals surface area (Å²) in [5.41, 5.74) is 14.9. The van der Waals surface area contributed by atoms with Crippen LogP contribution in [-0.2, 0) is 12.8 Å². The fraction of sp³-hybridized carbons (Fsp3) is 0.286. The average Bonchev–Trinajstić information content (AvgIpc) is 2.37. The summed E-state index contributed by atoms with van der Waals surface area (Å²) in [6.45, 7) is 4.26. The van der Waals surface area contributed by atoms with Crippen LogP contribution in [0.2, 0.25) is 0 Å². The van der Waals surface area contributed by atoms with Crippen molar-refractivity contribution >= 4 is 23.3 Å². The molecule has 0 bridgehead atoms. The van der Waals surface area contributed by atoms with Gasteiger partial charge in [-0.05, 0) is 24.0 Å². The third-order valence-corrected chi connectivity index (χ3v) is 3.02. The molecule has 0 atom stereocenters. The van der Waals surface area contributed by atoms with Crippen LogP contribution in [-0.4, -0.2) is 9.97 Å². The Labute approximate surface area is 113 Å². The van der Waals surface area contributed by atoms with Gasteiger partial charge in [-0.15, -0.1) is 0 Å². The second-order valence-corrected chi connectivity index (χ2v) is 4.32. The van der Waals surface area contributed by atoms with E-state index in [0.717, 1.165) is 18.5 Å². The molecule has 2 aromatic rings. The van der Waals surface area contributed by atoms with Gasteiger partial charge >= 0.3 is 0 Å². The molecule has 0 aliphatic carbocycles. The summed E-state index contributed by atoms with van der Waals surface area (Å²) in [5.74, 6) is 1.16. The monoisotopic (exact) mass is 257 g/mol. The average molecular weight is 257 g/mol.